The summed E-state index contributed by atoms with van der Waals surface area (Å²) < 4.78 is 37.3. The van der Waals surface area contributed by atoms with Crippen LogP contribution < -0.4 is 0 Å². The van der Waals surface area contributed by atoms with Crippen LogP contribution >= 0.6 is 0 Å². The third kappa shape index (κ3) is 2.76. The van der Waals surface area contributed by atoms with Crippen LogP contribution in [0.1, 0.15) is 24.5 Å². The molecule has 0 nitrogen and oxygen atoms in total. The van der Waals surface area contributed by atoms with Crippen molar-refractivity contribution >= 4 is 0 Å². The van der Waals surface area contributed by atoms with Crippen molar-refractivity contribution in [2.75, 3.05) is 0 Å². The van der Waals surface area contributed by atoms with Crippen LogP contribution in [0.3, 0.4) is 0 Å². The summed E-state index contributed by atoms with van der Waals surface area (Å²) >= 11 is 0. The molecule has 1 unspecified atom stereocenters. The maximum atomic E-state index is 12.6. The number of rotatable bonds is 3. The molecule has 1 rings (SSSR count). The van der Waals surface area contributed by atoms with E-state index >= 15 is 0 Å². The van der Waals surface area contributed by atoms with E-state index in [1.54, 1.807) is 6.07 Å². The van der Waals surface area contributed by atoms with Gasteiger partial charge in [-0.1, -0.05) is 24.3 Å². The molecule has 0 aliphatic rings. The van der Waals surface area contributed by atoms with Crippen LogP contribution in [0.4, 0.5) is 13.2 Å². The van der Waals surface area contributed by atoms with Crippen LogP contribution in [0.15, 0.2) is 24.3 Å². The van der Waals surface area contributed by atoms with Gasteiger partial charge >= 0.3 is 0 Å². The largest absolute Gasteiger partial charge is 0.264 e. The van der Waals surface area contributed by atoms with E-state index in [4.69, 9.17) is 0 Å². The highest BCUT2D eigenvalue weighted by Crippen LogP contribution is 2.23. The molecule has 1 atom stereocenters. The molecule has 0 aliphatic carbocycles. The Morgan fingerprint density at radius 3 is 2.31 bits per heavy atom. The molecule has 0 saturated heterocycles. The number of hydrogen-bond donors (Lipinski definition) is 0. The Hall–Kier alpha value is -0.990. The van der Waals surface area contributed by atoms with Crippen LogP contribution in [0.25, 0.3) is 0 Å². The topological polar surface area (TPSA) is 0 Å². The molecule has 0 aromatic heterocycles. The summed E-state index contributed by atoms with van der Waals surface area (Å²) in [6, 6.07) is 6.05. The van der Waals surface area contributed by atoms with Crippen LogP contribution in [-0.4, -0.2) is 6.17 Å². The Bertz CT molecular complexity index is 269. The molecule has 0 spiro atoms. The molecule has 0 radical (unpaired) electrons. The second-order valence-corrected chi connectivity index (χ2v) is 2.98. The Morgan fingerprint density at radius 1 is 1.15 bits per heavy atom. The molecule has 3 heteroatoms. The zero-order valence-corrected chi connectivity index (χ0v) is 7.31. The van der Waals surface area contributed by atoms with Gasteiger partial charge in [-0.25, -0.2) is 13.2 Å². The van der Waals surface area contributed by atoms with Gasteiger partial charge in [-0.15, -0.1) is 0 Å². The van der Waals surface area contributed by atoms with Crippen molar-refractivity contribution < 1.29 is 13.2 Å². The smallest absolute Gasteiger partial charge is 0.247 e. The molecule has 0 bridgehead atoms. The summed E-state index contributed by atoms with van der Waals surface area (Å²) in [5.74, 6) is 0. The van der Waals surface area contributed by atoms with Gasteiger partial charge in [0.15, 0.2) is 0 Å². The van der Waals surface area contributed by atoms with Crippen LogP contribution in [-0.2, 0) is 6.42 Å². The van der Waals surface area contributed by atoms with Crippen LogP contribution in [0.2, 0.25) is 0 Å². The molecule has 0 aliphatic heterocycles. The monoisotopic (exact) mass is 188 g/mol. The first-order valence-electron chi connectivity index (χ1n) is 4.11. The molecule has 0 N–H and O–H groups in total. The SMILES string of the molecule is CC(F)Cc1ccccc1C(F)F. The van der Waals surface area contributed by atoms with E-state index < -0.39 is 12.6 Å². The van der Waals surface area contributed by atoms with Crippen molar-refractivity contribution in [1.29, 1.82) is 0 Å². The Kier molecular flexibility index (Phi) is 3.34. The van der Waals surface area contributed by atoms with Gasteiger partial charge < -0.3 is 0 Å². The van der Waals surface area contributed by atoms with Crippen molar-refractivity contribution in [1.82, 2.24) is 0 Å². The lowest BCUT2D eigenvalue weighted by Crippen LogP contribution is -2.02. The van der Waals surface area contributed by atoms with Gasteiger partial charge in [0.25, 0.3) is 6.43 Å². The fourth-order valence-electron chi connectivity index (χ4n) is 1.24. The summed E-state index contributed by atoms with van der Waals surface area (Å²) in [4.78, 5) is 0. The van der Waals surface area contributed by atoms with Crippen molar-refractivity contribution in [3.63, 3.8) is 0 Å². The molecular weight excluding hydrogens is 177 g/mol. The summed E-state index contributed by atoms with van der Waals surface area (Å²) in [6.07, 6.45) is -3.55. The number of alkyl halides is 3. The zero-order valence-electron chi connectivity index (χ0n) is 7.31. The predicted octanol–water partition coefficient (Wildman–Crippen LogP) is 3.52. The molecule has 1 aromatic carbocycles. The molecule has 72 valence electrons. The zero-order chi connectivity index (χ0) is 9.84. The van der Waals surface area contributed by atoms with E-state index in [0.717, 1.165) is 0 Å². The summed E-state index contributed by atoms with van der Waals surface area (Å²) in [5.41, 5.74) is 0.333. The first-order chi connectivity index (χ1) is 6.11. The minimum absolute atomic E-state index is 0.0561. The lowest BCUT2D eigenvalue weighted by molar-refractivity contribution is 0.149. The van der Waals surface area contributed by atoms with Gasteiger partial charge in [-0.2, -0.15) is 0 Å². The van der Waals surface area contributed by atoms with E-state index in [-0.39, 0.29) is 12.0 Å². The van der Waals surface area contributed by atoms with E-state index in [0.29, 0.717) is 5.56 Å². The first kappa shape index (κ1) is 10.1. The first-order valence-corrected chi connectivity index (χ1v) is 4.11. The molecule has 0 heterocycles. The highest BCUT2D eigenvalue weighted by molar-refractivity contribution is 5.28. The number of hydrogen-bond acceptors (Lipinski definition) is 0. The summed E-state index contributed by atoms with van der Waals surface area (Å²) in [5, 5.41) is 0. The lowest BCUT2D eigenvalue weighted by atomic mass is 10.0. The highest BCUT2D eigenvalue weighted by atomic mass is 19.3. The van der Waals surface area contributed by atoms with Crippen molar-refractivity contribution in [2.45, 2.75) is 25.9 Å². The molecule has 13 heavy (non-hydrogen) atoms. The third-order valence-corrected chi connectivity index (χ3v) is 1.79. The van der Waals surface area contributed by atoms with Crippen molar-refractivity contribution in [3.05, 3.63) is 35.4 Å². The van der Waals surface area contributed by atoms with Gasteiger partial charge in [-0.3, -0.25) is 0 Å². The normalized spacial score (nSPS) is 13.3. The van der Waals surface area contributed by atoms with Gasteiger partial charge in [0, 0.05) is 12.0 Å². The Labute approximate surface area is 75.4 Å². The third-order valence-electron chi connectivity index (χ3n) is 1.79. The average Bonchev–Trinajstić information content (AvgIpc) is 2.03. The van der Waals surface area contributed by atoms with Gasteiger partial charge in [0.05, 0.1) is 0 Å². The molecule has 0 fully saturated rings. The molecule has 0 amide bonds. The van der Waals surface area contributed by atoms with Crippen LogP contribution in [0.5, 0.6) is 0 Å². The van der Waals surface area contributed by atoms with Crippen LogP contribution in [0, 0.1) is 0 Å². The lowest BCUT2D eigenvalue weighted by Gasteiger charge is -2.08. The fourth-order valence-corrected chi connectivity index (χ4v) is 1.24. The van der Waals surface area contributed by atoms with E-state index in [1.807, 2.05) is 0 Å². The van der Waals surface area contributed by atoms with Gasteiger partial charge in [-0.05, 0) is 12.5 Å². The minimum atomic E-state index is -2.52. The predicted molar refractivity (Wildman–Crippen MR) is 45.7 cm³/mol. The van der Waals surface area contributed by atoms with Crippen molar-refractivity contribution in [2.24, 2.45) is 0 Å². The Morgan fingerprint density at radius 2 is 1.77 bits per heavy atom. The standard InChI is InChI=1S/C10H11F3/c1-7(11)6-8-4-2-3-5-9(8)10(12)13/h2-5,7,10H,6H2,1H3. The van der Waals surface area contributed by atoms with E-state index in [9.17, 15) is 13.2 Å². The van der Waals surface area contributed by atoms with Gasteiger partial charge in [0.1, 0.15) is 6.17 Å². The summed E-state index contributed by atoms with van der Waals surface area (Å²) in [7, 11) is 0. The molecule has 0 saturated carbocycles. The van der Waals surface area contributed by atoms with Gasteiger partial charge in [0.2, 0.25) is 0 Å². The number of benzene rings is 1. The number of halogens is 3. The second kappa shape index (κ2) is 4.30. The molecule has 1 aromatic rings. The average molecular weight is 188 g/mol. The highest BCUT2D eigenvalue weighted by Gasteiger charge is 2.13. The maximum Gasteiger partial charge on any atom is 0.264 e. The quantitative estimate of drug-likeness (QED) is 0.680. The molecular formula is C10H11F3. The van der Waals surface area contributed by atoms with E-state index in [1.165, 1.54) is 25.1 Å². The Balaban J connectivity index is 2.91. The van der Waals surface area contributed by atoms with Crippen molar-refractivity contribution in [3.8, 4) is 0 Å². The maximum absolute atomic E-state index is 12.6. The minimum Gasteiger partial charge on any atom is -0.247 e. The fraction of sp³-hybridized carbons (Fsp3) is 0.400. The van der Waals surface area contributed by atoms with E-state index in [2.05, 4.69) is 0 Å². The second-order valence-electron chi connectivity index (χ2n) is 2.98. The summed E-state index contributed by atoms with van der Waals surface area (Å²) in [6.45, 7) is 1.36.